The molecule has 0 aromatic carbocycles. The number of nitrogens with two attached hydrogens (primary N) is 1. The van der Waals surface area contributed by atoms with E-state index in [1.54, 1.807) is 0 Å². The standard InChI is InChI=1S/C7H15NS/c8-4-1-5-9-6-7-2-3-7/h7H,1-6,8H2. The van der Waals surface area contributed by atoms with Crippen LogP contribution >= 0.6 is 11.8 Å². The summed E-state index contributed by atoms with van der Waals surface area (Å²) in [5.74, 6) is 3.74. The van der Waals surface area contributed by atoms with E-state index >= 15 is 0 Å². The van der Waals surface area contributed by atoms with Crippen LogP contribution in [0, 0.1) is 5.92 Å². The number of rotatable bonds is 5. The quantitative estimate of drug-likeness (QED) is 0.593. The summed E-state index contributed by atoms with van der Waals surface area (Å²) in [6.45, 7) is 0.859. The molecule has 1 aliphatic rings. The van der Waals surface area contributed by atoms with Gasteiger partial charge in [-0.25, -0.2) is 0 Å². The Labute approximate surface area is 61.4 Å². The molecule has 0 amide bonds. The van der Waals surface area contributed by atoms with E-state index in [1.165, 1.54) is 30.8 Å². The molecule has 1 nitrogen and oxygen atoms in total. The van der Waals surface area contributed by atoms with Crippen molar-refractivity contribution in [2.24, 2.45) is 11.7 Å². The second-order valence-electron chi connectivity index (χ2n) is 2.66. The van der Waals surface area contributed by atoms with E-state index in [4.69, 9.17) is 5.73 Å². The molecule has 0 unspecified atom stereocenters. The molecule has 2 N–H and O–H groups in total. The summed E-state index contributed by atoms with van der Waals surface area (Å²) in [7, 11) is 0. The van der Waals surface area contributed by atoms with E-state index in [2.05, 4.69) is 11.8 Å². The van der Waals surface area contributed by atoms with Gasteiger partial charge >= 0.3 is 0 Å². The molecule has 0 aromatic heterocycles. The molecule has 0 bridgehead atoms. The van der Waals surface area contributed by atoms with E-state index in [-0.39, 0.29) is 0 Å². The predicted octanol–water partition coefficient (Wildman–Crippen LogP) is 1.48. The minimum Gasteiger partial charge on any atom is -0.330 e. The zero-order valence-corrected chi connectivity index (χ0v) is 6.62. The third-order valence-corrected chi connectivity index (χ3v) is 2.83. The van der Waals surface area contributed by atoms with Crippen LogP contribution in [0.15, 0.2) is 0 Å². The molecule has 0 atom stereocenters. The normalized spacial score (nSPS) is 18.3. The Kier molecular flexibility index (Phi) is 3.44. The van der Waals surface area contributed by atoms with Crippen molar-refractivity contribution in [1.29, 1.82) is 0 Å². The Morgan fingerprint density at radius 3 is 2.78 bits per heavy atom. The first-order chi connectivity index (χ1) is 4.43. The third kappa shape index (κ3) is 3.82. The minimum absolute atomic E-state index is 0.859. The fourth-order valence-electron chi connectivity index (χ4n) is 0.720. The van der Waals surface area contributed by atoms with E-state index in [9.17, 15) is 0 Å². The van der Waals surface area contributed by atoms with Crippen LogP contribution in [0.25, 0.3) is 0 Å². The monoisotopic (exact) mass is 145 g/mol. The van der Waals surface area contributed by atoms with Gasteiger partial charge in [-0.1, -0.05) is 0 Å². The number of thioether (sulfide) groups is 1. The fourth-order valence-corrected chi connectivity index (χ4v) is 1.92. The summed E-state index contributed by atoms with van der Waals surface area (Å²) in [5.41, 5.74) is 5.35. The number of hydrogen-bond donors (Lipinski definition) is 1. The van der Waals surface area contributed by atoms with Crippen LogP contribution in [-0.2, 0) is 0 Å². The lowest BCUT2D eigenvalue weighted by atomic mass is 10.5. The number of hydrogen-bond acceptors (Lipinski definition) is 2. The molecule has 0 heterocycles. The van der Waals surface area contributed by atoms with Crippen LogP contribution in [0.1, 0.15) is 19.3 Å². The smallest absolute Gasteiger partial charge is 0.00391 e. The van der Waals surface area contributed by atoms with Gasteiger partial charge in [-0.3, -0.25) is 0 Å². The average molecular weight is 145 g/mol. The fraction of sp³-hybridized carbons (Fsp3) is 1.00. The SMILES string of the molecule is NCCCSCC1CC1. The van der Waals surface area contributed by atoms with Crippen LogP contribution in [0.2, 0.25) is 0 Å². The lowest BCUT2D eigenvalue weighted by Crippen LogP contribution is -1.99. The first-order valence-corrected chi connectivity index (χ1v) is 4.87. The zero-order valence-electron chi connectivity index (χ0n) is 5.81. The van der Waals surface area contributed by atoms with Crippen molar-refractivity contribution in [1.82, 2.24) is 0 Å². The lowest BCUT2D eigenvalue weighted by Gasteiger charge is -1.95. The van der Waals surface area contributed by atoms with Gasteiger partial charge in [0.1, 0.15) is 0 Å². The van der Waals surface area contributed by atoms with E-state index < -0.39 is 0 Å². The molecule has 0 radical (unpaired) electrons. The molecular weight excluding hydrogens is 130 g/mol. The topological polar surface area (TPSA) is 26.0 Å². The van der Waals surface area contributed by atoms with Crippen LogP contribution in [0.4, 0.5) is 0 Å². The van der Waals surface area contributed by atoms with Crippen LogP contribution in [0.3, 0.4) is 0 Å². The first kappa shape index (κ1) is 7.42. The zero-order chi connectivity index (χ0) is 6.53. The van der Waals surface area contributed by atoms with E-state index in [0.717, 1.165) is 12.5 Å². The summed E-state index contributed by atoms with van der Waals surface area (Å²) in [6.07, 6.45) is 4.16. The van der Waals surface area contributed by atoms with Gasteiger partial charge in [0.15, 0.2) is 0 Å². The first-order valence-electron chi connectivity index (χ1n) is 3.71. The van der Waals surface area contributed by atoms with Gasteiger partial charge in [0.2, 0.25) is 0 Å². The highest BCUT2D eigenvalue weighted by Gasteiger charge is 2.20. The Balaban J connectivity index is 1.71. The molecule has 1 aliphatic carbocycles. The molecule has 0 spiro atoms. The van der Waals surface area contributed by atoms with Gasteiger partial charge in [-0.05, 0) is 43.2 Å². The molecule has 0 saturated heterocycles. The van der Waals surface area contributed by atoms with Gasteiger partial charge in [0, 0.05) is 0 Å². The van der Waals surface area contributed by atoms with Crippen molar-refractivity contribution >= 4 is 11.8 Å². The average Bonchev–Trinajstić information content (AvgIpc) is 2.63. The van der Waals surface area contributed by atoms with Crippen molar-refractivity contribution in [2.45, 2.75) is 19.3 Å². The van der Waals surface area contributed by atoms with Gasteiger partial charge in [0.05, 0.1) is 0 Å². The summed E-state index contributed by atoms with van der Waals surface area (Å²) in [6, 6.07) is 0. The maximum absolute atomic E-state index is 5.35. The Bertz CT molecular complexity index is 71.3. The lowest BCUT2D eigenvalue weighted by molar-refractivity contribution is 0.935. The molecule has 1 fully saturated rings. The summed E-state index contributed by atoms with van der Waals surface area (Å²) in [5, 5.41) is 0. The largest absolute Gasteiger partial charge is 0.330 e. The van der Waals surface area contributed by atoms with Crippen molar-refractivity contribution < 1.29 is 0 Å². The van der Waals surface area contributed by atoms with Crippen molar-refractivity contribution in [3.05, 3.63) is 0 Å². The van der Waals surface area contributed by atoms with Gasteiger partial charge in [-0.15, -0.1) is 0 Å². The van der Waals surface area contributed by atoms with Crippen LogP contribution in [-0.4, -0.2) is 18.1 Å². The predicted molar refractivity (Wildman–Crippen MR) is 43.7 cm³/mol. The van der Waals surface area contributed by atoms with Crippen molar-refractivity contribution in [3.63, 3.8) is 0 Å². The highest BCUT2D eigenvalue weighted by atomic mass is 32.2. The van der Waals surface area contributed by atoms with E-state index in [1.807, 2.05) is 0 Å². The Morgan fingerprint density at radius 1 is 1.44 bits per heavy atom. The van der Waals surface area contributed by atoms with Crippen molar-refractivity contribution in [2.75, 3.05) is 18.1 Å². The molecular formula is C7H15NS. The highest BCUT2D eigenvalue weighted by molar-refractivity contribution is 7.99. The Hall–Kier alpha value is 0.310. The van der Waals surface area contributed by atoms with Gasteiger partial charge in [-0.2, -0.15) is 11.8 Å². The summed E-state index contributed by atoms with van der Waals surface area (Å²) in [4.78, 5) is 0. The highest BCUT2D eigenvalue weighted by Crippen LogP contribution is 2.32. The van der Waals surface area contributed by atoms with Gasteiger partial charge < -0.3 is 5.73 Å². The second kappa shape index (κ2) is 4.18. The van der Waals surface area contributed by atoms with Crippen molar-refractivity contribution in [3.8, 4) is 0 Å². The molecule has 0 aliphatic heterocycles. The summed E-state index contributed by atoms with van der Waals surface area (Å²) < 4.78 is 0. The third-order valence-electron chi connectivity index (χ3n) is 1.54. The molecule has 0 aromatic rings. The molecule has 9 heavy (non-hydrogen) atoms. The maximum Gasteiger partial charge on any atom is -0.00391 e. The maximum atomic E-state index is 5.35. The second-order valence-corrected chi connectivity index (χ2v) is 3.81. The molecule has 54 valence electrons. The minimum atomic E-state index is 0.859. The van der Waals surface area contributed by atoms with E-state index in [0.29, 0.717) is 0 Å². The molecule has 1 saturated carbocycles. The summed E-state index contributed by atoms with van der Waals surface area (Å²) >= 11 is 2.07. The van der Waals surface area contributed by atoms with Gasteiger partial charge in [0.25, 0.3) is 0 Å². The molecule has 1 rings (SSSR count). The van der Waals surface area contributed by atoms with Crippen LogP contribution in [0.5, 0.6) is 0 Å². The Morgan fingerprint density at radius 2 is 2.22 bits per heavy atom. The molecule has 2 heteroatoms. The van der Waals surface area contributed by atoms with Crippen LogP contribution < -0.4 is 5.73 Å².